The van der Waals surface area contributed by atoms with Crippen LogP contribution in [0, 0.1) is 0 Å². The molecule has 0 unspecified atom stereocenters. The number of hydroxylamine groups is 1. The summed E-state index contributed by atoms with van der Waals surface area (Å²) in [6.45, 7) is 1.97. The predicted octanol–water partition coefficient (Wildman–Crippen LogP) is 4.10. The molecule has 6 nitrogen and oxygen atoms in total. The molecule has 0 radical (unpaired) electrons. The van der Waals surface area contributed by atoms with E-state index in [0.717, 1.165) is 34.9 Å². The quantitative estimate of drug-likeness (QED) is 0.137. The number of aryl methyl sites for hydroxylation is 1. The van der Waals surface area contributed by atoms with E-state index in [1.54, 1.807) is 0 Å². The number of fused-ring (bicyclic) bond motifs is 1. The Morgan fingerprint density at radius 2 is 1.72 bits per heavy atom. The molecule has 0 saturated heterocycles. The van der Waals surface area contributed by atoms with E-state index in [9.17, 15) is 0 Å². The molecule has 0 heterocycles. The Balaban J connectivity index is 1.47. The van der Waals surface area contributed by atoms with Crippen LogP contribution in [0.1, 0.15) is 24.0 Å². The summed E-state index contributed by atoms with van der Waals surface area (Å²) >= 11 is 0. The Bertz CT molecular complexity index is 929. The highest BCUT2D eigenvalue weighted by molar-refractivity contribution is 5.84. The normalized spacial score (nSPS) is 11.6. The van der Waals surface area contributed by atoms with Gasteiger partial charge in [-0.3, -0.25) is 10.7 Å². The summed E-state index contributed by atoms with van der Waals surface area (Å²) in [4.78, 5) is 0. The Hall–Kier alpha value is -3.09. The van der Waals surface area contributed by atoms with Crippen molar-refractivity contribution in [1.82, 2.24) is 10.8 Å². The molecular formula is C23H27N3O3. The fourth-order valence-electron chi connectivity index (χ4n) is 3.15. The summed E-state index contributed by atoms with van der Waals surface area (Å²) in [7, 11) is 0. The van der Waals surface area contributed by atoms with Crippen LogP contribution in [-0.2, 0) is 13.0 Å². The average molecular weight is 393 g/mol. The van der Waals surface area contributed by atoms with Gasteiger partial charge < -0.3 is 15.3 Å². The third-order valence-electron chi connectivity index (χ3n) is 4.71. The number of nitrogens with one attached hydrogen (secondary N) is 2. The maximum absolute atomic E-state index is 8.72. The van der Waals surface area contributed by atoms with Crippen molar-refractivity contribution in [3.05, 3.63) is 77.9 Å². The fourth-order valence-corrected chi connectivity index (χ4v) is 3.15. The predicted molar refractivity (Wildman–Crippen MR) is 115 cm³/mol. The molecule has 0 saturated carbocycles. The van der Waals surface area contributed by atoms with Gasteiger partial charge in [0.1, 0.15) is 5.75 Å². The van der Waals surface area contributed by atoms with Crippen LogP contribution in [0.3, 0.4) is 0 Å². The lowest BCUT2D eigenvalue weighted by molar-refractivity contribution is 0.219. The molecular weight excluding hydrogens is 366 g/mol. The number of benzene rings is 3. The molecule has 0 amide bonds. The number of nitrogens with zero attached hydrogens (tertiary/aromatic N) is 1. The average Bonchev–Trinajstić information content (AvgIpc) is 2.77. The van der Waals surface area contributed by atoms with E-state index in [-0.39, 0.29) is 5.84 Å². The van der Waals surface area contributed by atoms with Crippen molar-refractivity contribution in [2.75, 3.05) is 13.2 Å². The first kappa shape index (κ1) is 20.6. The van der Waals surface area contributed by atoms with Crippen molar-refractivity contribution in [2.45, 2.75) is 25.8 Å². The summed E-state index contributed by atoms with van der Waals surface area (Å²) in [6, 6.07) is 22.9. The second-order valence-corrected chi connectivity index (χ2v) is 6.87. The Labute approximate surface area is 170 Å². The highest BCUT2D eigenvalue weighted by Crippen LogP contribution is 2.22. The third kappa shape index (κ3) is 6.48. The number of ether oxygens (including phenoxy) is 1. The van der Waals surface area contributed by atoms with Gasteiger partial charge in [-0.2, -0.15) is 0 Å². The lowest BCUT2D eigenvalue weighted by Crippen LogP contribution is -2.25. The molecule has 0 spiro atoms. The van der Waals surface area contributed by atoms with Crippen LogP contribution in [0.2, 0.25) is 0 Å². The van der Waals surface area contributed by atoms with E-state index < -0.39 is 0 Å². The Kier molecular flexibility index (Phi) is 7.86. The fraction of sp³-hybridized carbons (Fsp3) is 0.261. The molecule has 0 bridgehead atoms. The first-order chi connectivity index (χ1) is 14.3. The van der Waals surface area contributed by atoms with Gasteiger partial charge in [-0.25, -0.2) is 0 Å². The molecule has 152 valence electrons. The van der Waals surface area contributed by atoms with Crippen LogP contribution in [0.25, 0.3) is 10.8 Å². The topological polar surface area (TPSA) is 86.1 Å². The molecule has 0 aromatic heterocycles. The molecule has 29 heavy (non-hydrogen) atoms. The minimum absolute atomic E-state index is 0.132. The number of rotatable bonds is 10. The maximum Gasteiger partial charge on any atom is 0.166 e. The van der Waals surface area contributed by atoms with Gasteiger partial charge in [0, 0.05) is 19.5 Å². The SMILES string of the molecule is ON=C(CCNCc1ccc2cc(OCCCc3ccccc3)ccc2c1)NO. The highest BCUT2D eigenvalue weighted by Gasteiger charge is 2.02. The monoisotopic (exact) mass is 393 g/mol. The van der Waals surface area contributed by atoms with Crippen molar-refractivity contribution in [2.24, 2.45) is 5.16 Å². The minimum atomic E-state index is 0.132. The third-order valence-corrected chi connectivity index (χ3v) is 4.71. The van der Waals surface area contributed by atoms with Crippen molar-refractivity contribution >= 4 is 16.6 Å². The lowest BCUT2D eigenvalue weighted by Gasteiger charge is -2.09. The zero-order valence-corrected chi connectivity index (χ0v) is 16.3. The van der Waals surface area contributed by atoms with Gasteiger partial charge in [0.15, 0.2) is 5.84 Å². The molecule has 0 aliphatic rings. The largest absolute Gasteiger partial charge is 0.494 e. The van der Waals surface area contributed by atoms with Gasteiger partial charge in [-0.15, -0.1) is 0 Å². The van der Waals surface area contributed by atoms with Gasteiger partial charge in [0.05, 0.1) is 6.61 Å². The van der Waals surface area contributed by atoms with Crippen molar-refractivity contribution in [1.29, 1.82) is 0 Å². The zero-order valence-electron chi connectivity index (χ0n) is 16.3. The van der Waals surface area contributed by atoms with Crippen LogP contribution in [0.4, 0.5) is 0 Å². The van der Waals surface area contributed by atoms with Crippen LogP contribution in [0.5, 0.6) is 5.75 Å². The summed E-state index contributed by atoms with van der Waals surface area (Å²) in [5.41, 5.74) is 4.35. The molecule has 0 atom stereocenters. The van der Waals surface area contributed by atoms with E-state index in [2.05, 4.69) is 65.1 Å². The van der Waals surface area contributed by atoms with Gasteiger partial charge in [0.2, 0.25) is 0 Å². The summed E-state index contributed by atoms with van der Waals surface area (Å²) in [5.74, 6) is 1.02. The first-order valence-corrected chi connectivity index (χ1v) is 9.79. The van der Waals surface area contributed by atoms with Crippen LogP contribution in [-0.4, -0.2) is 29.4 Å². The number of oxime groups is 1. The molecule has 0 aliphatic carbocycles. The summed E-state index contributed by atoms with van der Waals surface area (Å²) < 4.78 is 5.92. The van der Waals surface area contributed by atoms with Gasteiger partial charge in [-0.05, 0) is 52.9 Å². The van der Waals surface area contributed by atoms with Crippen molar-refractivity contribution in [3.63, 3.8) is 0 Å². The minimum Gasteiger partial charge on any atom is -0.494 e. The molecule has 3 aromatic carbocycles. The second kappa shape index (κ2) is 11.0. The Morgan fingerprint density at radius 3 is 2.52 bits per heavy atom. The first-order valence-electron chi connectivity index (χ1n) is 9.79. The molecule has 0 fully saturated rings. The number of hydrogen-bond acceptors (Lipinski definition) is 5. The van der Waals surface area contributed by atoms with Gasteiger partial charge >= 0.3 is 0 Å². The molecule has 6 heteroatoms. The number of hydrogen-bond donors (Lipinski definition) is 4. The van der Waals surface area contributed by atoms with Crippen molar-refractivity contribution in [3.8, 4) is 5.75 Å². The lowest BCUT2D eigenvalue weighted by atomic mass is 10.1. The number of amidine groups is 1. The maximum atomic E-state index is 8.72. The smallest absolute Gasteiger partial charge is 0.166 e. The van der Waals surface area contributed by atoms with E-state index in [1.807, 2.05) is 17.6 Å². The standard InChI is InChI=1S/C23H27N3O3/c27-25-23(26-28)12-13-24-17-19-8-9-21-16-22(11-10-20(21)15-19)29-14-4-7-18-5-2-1-3-6-18/h1-3,5-6,8-11,15-16,24,27-28H,4,7,12-14,17H2,(H,25,26). The molecule has 3 rings (SSSR count). The summed E-state index contributed by atoms with van der Waals surface area (Å²) in [5, 5.41) is 25.9. The van der Waals surface area contributed by atoms with E-state index in [1.165, 1.54) is 5.56 Å². The van der Waals surface area contributed by atoms with E-state index in [0.29, 0.717) is 26.1 Å². The van der Waals surface area contributed by atoms with Crippen LogP contribution < -0.4 is 15.5 Å². The van der Waals surface area contributed by atoms with Gasteiger partial charge in [0.25, 0.3) is 0 Å². The van der Waals surface area contributed by atoms with Crippen LogP contribution in [0.15, 0.2) is 71.9 Å². The molecule has 0 aliphatic heterocycles. The molecule has 4 N–H and O–H groups in total. The second-order valence-electron chi connectivity index (χ2n) is 6.87. The van der Waals surface area contributed by atoms with E-state index in [4.69, 9.17) is 15.2 Å². The van der Waals surface area contributed by atoms with Crippen LogP contribution >= 0.6 is 0 Å². The summed E-state index contributed by atoms with van der Waals surface area (Å²) in [6.07, 6.45) is 2.41. The van der Waals surface area contributed by atoms with E-state index >= 15 is 0 Å². The molecule has 3 aromatic rings. The Morgan fingerprint density at radius 1 is 0.931 bits per heavy atom. The highest BCUT2D eigenvalue weighted by atomic mass is 16.5. The van der Waals surface area contributed by atoms with Gasteiger partial charge in [-0.1, -0.05) is 53.7 Å². The zero-order chi connectivity index (χ0) is 20.3. The van der Waals surface area contributed by atoms with Crippen molar-refractivity contribution < 1.29 is 15.2 Å².